The molecule has 7 heteroatoms. The molecule has 0 spiro atoms. The lowest BCUT2D eigenvalue weighted by molar-refractivity contribution is 0.320. The highest BCUT2D eigenvalue weighted by molar-refractivity contribution is 9.11. The van der Waals surface area contributed by atoms with E-state index < -0.39 is 10.0 Å². The number of thiophene rings is 2. The minimum absolute atomic E-state index is 0.429. The first kappa shape index (κ1) is 14.7. The summed E-state index contributed by atoms with van der Waals surface area (Å²) in [6.07, 6.45) is 1.81. The van der Waals surface area contributed by atoms with Gasteiger partial charge < -0.3 is 0 Å². The highest BCUT2D eigenvalue weighted by Gasteiger charge is 2.30. The van der Waals surface area contributed by atoms with Crippen molar-refractivity contribution in [2.75, 3.05) is 13.1 Å². The lowest BCUT2D eigenvalue weighted by atomic mass is 9.92. The number of hydrogen-bond acceptors (Lipinski definition) is 4. The van der Waals surface area contributed by atoms with Crippen LogP contribution in [0.1, 0.15) is 24.3 Å². The van der Waals surface area contributed by atoms with Gasteiger partial charge in [0.15, 0.2) is 0 Å². The number of halogens is 1. The van der Waals surface area contributed by atoms with Crippen LogP contribution >= 0.6 is 38.6 Å². The van der Waals surface area contributed by atoms with Crippen LogP contribution in [0.15, 0.2) is 37.0 Å². The average molecular weight is 392 g/mol. The van der Waals surface area contributed by atoms with Gasteiger partial charge in [0.05, 0.1) is 3.79 Å². The third kappa shape index (κ3) is 2.87. The number of nitrogens with zero attached hydrogens (tertiary/aromatic N) is 1. The third-order valence-electron chi connectivity index (χ3n) is 3.61. The Bertz CT molecular complexity index is 670. The Kier molecular flexibility index (Phi) is 4.33. The highest BCUT2D eigenvalue weighted by Crippen LogP contribution is 2.34. The summed E-state index contributed by atoms with van der Waals surface area (Å²) >= 11 is 6.30. The van der Waals surface area contributed by atoms with Crippen molar-refractivity contribution in [3.8, 4) is 0 Å². The predicted molar refractivity (Wildman–Crippen MR) is 87.1 cm³/mol. The zero-order chi connectivity index (χ0) is 14.2. The van der Waals surface area contributed by atoms with Crippen LogP contribution in [0.3, 0.4) is 0 Å². The van der Waals surface area contributed by atoms with E-state index in [1.54, 1.807) is 27.8 Å². The van der Waals surface area contributed by atoms with Crippen LogP contribution in [0.4, 0.5) is 0 Å². The number of sulfonamides is 1. The molecular weight excluding hydrogens is 378 g/mol. The molecule has 108 valence electrons. The van der Waals surface area contributed by atoms with E-state index >= 15 is 0 Å². The fraction of sp³-hybridized carbons (Fsp3) is 0.385. The Hall–Kier alpha value is -0.210. The van der Waals surface area contributed by atoms with Gasteiger partial charge in [-0.25, -0.2) is 8.42 Å². The minimum atomic E-state index is -3.31. The lowest BCUT2D eigenvalue weighted by Gasteiger charge is -2.30. The van der Waals surface area contributed by atoms with Crippen LogP contribution < -0.4 is 0 Å². The van der Waals surface area contributed by atoms with Gasteiger partial charge in [-0.3, -0.25) is 0 Å². The van der Waals surface area contributed by atoms with Crippen molar-refractivity contribution >= 4 is 48.6 Å². The predicted octanol–water partition coefficient (Wildman–Crippen LogP) is 4.14. The number of rotatable bonds is 3. The summed E-state index contributed by atoms with van der Waals surface area (Å²) in [6, 6.07) is 5.61. The number of piperidine rings is 1. The van der Waals surface area contributed by atoms with Crippen molar-refractivity contribution in [2.24, 2.45) is 0 Å². The Morgan fingerprint density at radius 2 is 1.95 bits per heavy atom. The van der Waals surface area contributed by atoms with E-state index in [0.717, 1.165) is 16.6 Å². The average Bonchev–Trinajstić information content (AvgIpc) is 3.10. The van der Waals surface area contributed by atoms with E-state index in [4.69, 9.17) is 0 Å². The van der Waals surface area contributed by atoms with Gasteiger partial charge in [0.25, 0.3) is 10.0 Å². The maximum Gasteiger partial charge on any atom is 0.252 e. The normalized spacial score (nSPS) is 18.4. The molecular formula is C13H14BrNO2S3. The van der Waals surface area contributed by atoms with Gasteiger partial charge in [-0.05, 0) is 69.2 Å². The smallest absolute Gasteiger partial charge is 0.206 e. The molecule has 2 aromatic heterocycles. The van der Waals surface area contributed by atoms with Gasteiger partial charge in [-0.1, -0.05) is 0 Å². The van der Waals surface area contributed by atoms with Crippen LogP contribution in [0.5, 0.6) is 0 Å². The minimum Gasteiger partial charge on any atom is -0.206 e. The molecule has 1 aliphatic heterocycles. The van der Waals surface area contributed by atoms with Gasteiger partial charge in [0, 0.05) is 13.1 Å². The van der Waals surface area contributed by atoms with Crippen LogP contribution in [0.25, 0.3) is 0 Å². The third-order valence-corrected chi connectivity index (χ3v) is 8.30. The Morgan fingerprint density at radius 1 is 1.20 bits per heavy atom. The first-order valence-electron chi connectivity index (χ1n) is 6.35. The van der Waals surface area contributed by atoms with Crippen molar-refractivity contribution in [2.45, 2.75) is 23.0 Å². The fourth-order valence-corrected chi connectivity index (χ4v) is 6.88. The molecule has 20 heavy (non-hydrogen) atoms. The lowest BCUT2D eigenvalue weighted by Crippen LogP contribution is -2.37. The second-order valence-electron chi connectivity index (χ2n) is 4.79. The van der Waals surface area contributed by atoms with Crippen LogP contribution in [0, 0.1) is 0 Å². The zero-order valence-corrected chi connectivity index (χ0v) is 14.7. The van der Waals surface area contributed by atoms with Crippen molar-refractivity contribution in [3.63, 3.8) is 0 Å². The summed E-state index contributed by atoms with van der Waals surface area (Å²) in [5, 5.41) is 4.26. The van der Waals surface area contributed by atoms with E-state index in [-0.39, 0.29) is 0 Å². The Labute approximate surface area is 135 Å². The molecule has 1 fully saturated rings. The summed E-state index contributed by atoms with van der Waals surface area (Å²) in [5.41, 5.74) is 1.35. The molecule has 1 saturated heterocycles. The van der Waals surface area contributed by atoms with Crippen molar-refractivity contribution in [3.05, 3.63) is 38.3 Å². The molecule has 0 radical (unpaired) electrons. The van der Waals surface area contributed by atoms with Crippen molar-refractivity contribution < 1.29 is 8.42 Å². The first-order valence-corrected chi connectivity index (χ1v) is 10.3. The molecule has 1 aliphatic rings. The molecule has 0 unspecified atom stereocenters. The topological polar surface area (TPSA) is 37.4 Å². The largest absolute Gasteiger partial charge is 0.252 e. The van der Waals surface area contributed by atoms with Crippen LogP contribution in [-0.2, 0) is 10.0 Å². The SMILES string of the molecule is O=S(=O)(c1ccc(Br)s1)N1CCC(c2ccsc2)CC1. The number of hydrogen-bond donors (Lipinski definition) is 0. The monoisotopic (exact) mass is 391 g/mol. The summed E-state index contributed by atoms with van der Waals surface area (Å²) in [7, 11) is -3.31. The van der Waals surface area contributed by atoms with E-state index in [9.17, 15) is 8.42 Å². The summed E-state index contributed by atoms with van der Waals surface area (Å²) in [4.78, 5) is 0. The zero-order valence-electron chi connectivity index (χ0n) is 10.7. The second kappa shape index (κ2) is 5.88. The summed E-state index contributed by atoms with van der Waals surface area (Å²) in [6.45, 7) is 1.22. The maximum atomic E-state index is 12.5. The maximum absolute atomic E-state index is 12.5. The van der Waals surface area contributed by atoms with Crippen LogP contribution in [0.2, 0.25) is 0 Å². The van der Waals surface area contributed by atoms with Crippen molar-refractivity contribution in [1.29, 1.82) is 0 Å². The summed E-state index contributed by atoms with van der Waals surface area (Å²) in [5.74, 6) is 0.503. The van der Waals surface area contributed by atoms with E-state index in [1.807, 2.05) is 0 Å². The van der Waals surface area contributed by atoms with E-state index in [0.29, 0.717) is 23.2 Å². The second-order valence-corrected chi connectivity index (χ2v) is 10.2. The van der Waals surface area contributed by atoms with Gasteiger partial charge >= 0.3 is 0 Å². The molecule has 0 aromatic carbocycles. The summed E-state index contributed by atoms with van der Waals surface area (Å²) < 4.78 is 27.9. The standard InChI is InChI=1S/C13H14BrNO2S3/c14-12-1-2-13(19-12)20(16,17)15-6-3-10(4-7-15)11-5-8-18-9-11/h1-2,5,8-10H,3-4,6-7H2. The molecule has 0 saturated carbocycles. The molecule has 0 N–H and O–H groups in total. The first-order chi connectivity index (χ1) is 9.57. The Morgan fingerprint density at radius 3 is 2.50 bits per heavy atom. The van der Waals surface area contributed by atoms with Crippen molar-refractivity contribution in [1.82, 2.24) is 4.31 Å². The molecule has 3 heterocycles. The van der Waals surface area contributed by atoms with Gasteiger partial charge in [-0.15, -0.1) is 11.3 Å². The quantitative estimate of drug-likeness (QED) is 0.787. The molecule has 2 aromatic rings. The molecule has 0 bridgehead atoms. The molecule has 0 amide bonds. The van der Waals surface area contributed by atoms with E-state index in [1.165, 1.54) is 16.9 Å². The fourth-order valence-electron chi connectivity index (χ4n) is 2.50. The molecule has 3 nitrogen and oxygen atoms in total. The van der Waals surface area contributed by atoms with E-state index in [2.05, 4.69) is 32.8 Å². The van der Waals surface area contributed by atoms with Gasteiger partial charge in [0.2, 0.25) is 0 Å². The Balaban J connectivity index is 1.72. The molecule has 0 atom stereocenters. The van der Waals surface area contributed by atoms with Gasteiger partial charge in [0.1, 0.15) is 4.21 Å². The van der Waals surface area contributed by atoms with Crippen LogP contribution in [-0.4, -0.2) is 25.8 Å². The van der Waals surface area contributed by atoms with Gasteiger partial charge in [-0.2, -0.15) is 15.6 Å². The molecule has 3 rings (SSSR count). The highest BCUT2D eigenvalue weighted by atomic mass is 79.9. The molecule has 0 aliphatic carbocycles.